The molecular weight excluding hydrogens is 370 g/mol. The van der Waals surface area contributed by atoms with Gasteiger partial charge >= 0.3 is 5.69 Å². The highest BCUT2D eigenvalue weighted by Crippen LogP contribution is 2.27. The summed E-state index contributed by atoms with van der Waals surface area (Å²) in [6, 6.07) is 7.21. The van der Waals surface area contributed by atoms with Crippen LogP contribution in [0.3, 0.4) is 0 Å². The molecule has 138 valence electrons. The first-order valence-corrected chi connectivity index (χ1v) is 8.70. The molecule has 0 spiro atoms. The third-order valence-corrected chi connectivity index (χ3v) is 5.03. The van der Waals surface area contributed by atoms with Crippen LogP contribution in [0.25, 0.3) is 27.2 Å². The molecule has 2 aromatic heterocycles. The highest BCUT2D eigenvalue weighted by molar-refractivity contribution is 6.36. The van der Waals surface area contributed by atoms with Crippen molar-refractivity contribution in [3.63, 3.8) is 0 Å². The van der Waals surface area contributed by atoms with Crippen LogP contribution in [0.2, 0.25) is 5.02 Å². The predicted octanol–water partition coefficient (Wildman–Crippen LogP) is 1.49. The summed E-state index contributed by atoms with van der Waals surface area (Å²) in [7, 11) is 3.70. The van der Waals surface area contributed by atoms with Crippen molar-refractivity contribution in [3.8, 4) is 5.75 Å². The Balaban J connectivity index is 2.32. The van der Waals surface area contributed by atoms with E-state index in [0.29, 0.717) is 12.1 Å². The smallest absolute Gasteiger partial charge is 0.336 e. The summed E-state index contributed by atoms with van der Waals surface area (Å²) in [5.74, 6) is -0.0946. The summed E-state index contributed by atoms with van der Waals surface area (Å²) in [6.45, 7) is 0.711. The van der Waals surface area contributed by atoms with E-state index in [1.54, 1.807) is 0 Å². The van der Waals surface area contributed by atoms with Crippen LogP contribution in [0.4, 0.5) is 0 Å². The van der Waals surface area contributed by atoms with Crippen molar-refractivity contribution in [3.05, 3.63) is 66.4 Å². The van der Waals surface area contributed by atoms with Crippen LogP contribution in [0.1, 0.15) is 0 Å². The van der Waals surface area contributed by atoms with E-state index in [4.69, 9.17) is 11.6 Å². The molecule has 8 heteroatoms. The van der Waals surface area contributed by atoms with Crippen molar-refractivity contribution in [1.29, 1.82) is 0 Å². The molecule has 0 unspecified atom stereocenters. The summed E-state index contributed by atoms with van der Waals surface area (Å²) < 4.78 is 2.50. The van der Waals surface area contributed by atoms with Crippen LogP contribution in [0.5, 0.6) is 5.75 Å². The number of halogens is 1. The second-order valence-corrected chi connectivity index (χ2v) is 7.13. The summed E-state index contributed by atoms with van der Waals surface area (Å²) in [4.78, 5) is 41.0. The van der Waals surface area contributed by atoms with Gasteiger partial charge in [-0.15, -0.1) is 0 Å². The molecule has 0 amide bonds. The molecule has 7 nitrogen and oxygen atoms in total. The minimum absolute atomic E-state index is 0.0946. The van der Waals surface area contributed by atoms with Gasteiger partial charge in [-0.2, -0.15) is 0 Å². The molecule has 0 saturated heterocycles. The molecule has 0 saturated carbocycles. The van der Waals surface area contributed by atoms with Gasteiger partial charge in [0, 0.05) is 13.1 Å². The van der Waals surface area contributed by atoms with Crippen molar-refractivity contribution in [2.45, 2.75) is 6.54 Å². The van der Waals surface area contributed by atoms with Crippen LogP contribution in [0, 0.1) is 0 Å². The maximum atomic E-state index is 13.2. The molecule has 0 bridgehead atoms. The lowest BCUT2D eigenvalue weighted by atomic mass is 10.1. The number of hydrogen-bond donors (Lipinski definition) is 1. The first-order chi connectivity index (χ1) is 12.8. The molecule has 1 N–H and O–H groups in total. The number of hydrogen-bond acceptors (Lipinski definition) is 5. The van der Waals surface area contributed by atoms with Gasteiger partial charge in [0.2, 0.25) is 0 Å². The molecule has 0 atom stereocenters. The van der Waals surface area contributed by atoms with Gasteiger partial charge < -0.3 is 10.0 Å². The molecule has 2 aromatic carbocycles. The third-order valence-electron chi connectivity index (χ3n) is 4.71. The normalized spacial score (nSPS) is 12.0. The highest BCUT2D eigenvalue weighted by Gasteiger charge is 2.20. The number of rotatable bonds is 3. The first kappa shape index (κ1) is 17.5. The second-order valence-electron chi connectivity index (χ2n) is 6.73. The Bertz CT molecular complexity index is 1390. The van der Waals surface area contributed by atoms with Crippen LogP contribution in [0.15, 0.2) is 44.7 Å². The van der Waals surface area contributed by atoms with Crippen molar-refractivity contribution in [1.82, 2.24) is 13.9 Å². The average Bonchev–Trinajstić information content (AvgIpc) is 2.61. The van der Waals surface area contributed by atoms with Crippen molar-refractivity contribution in [2.24, 2.45) is 0 Å². The van der Waals surface area contributed by atoms with Crippen LogP contribution in [-0.2, 0) is 6.54 Å². The van der Waals surface area contributed by atoms with Gasteiger partial charge in [0.15, 0.2) is 5.43 Å². The zero-order chi connectivity index (χ0) is 19.5. The van der Waals surface area contributed by atoms with Gasteiger partial charge in [-0.3, -0.25) is 18.6 Å². The summed E-state index contributed by atoms with van der Waals surface area (Å²) >= 11 is 6.24. The van der Waals surface area contributed by atoms with E-state index in [0.717, 1.165) is 4.57 Å². The Morgan fingerprint density at radius 2 is 1.81 bits per heavy atom. The number of nitrogens with zero attached hydrogens (tertiary/aromatic N) is 3. The van der Waals surface area contributed by atoms with Crippen LogP contribution >= 0.6 is 11.6 Å². The van der Waals surface area contributed by atoms with Crippen molar-refractivity contribution >= 4 is 38.8 Å². The maximum absolute atomic E-state index is 13.2. The number of benzene rings is 2. The highest BCUT2D eigenvalue weighted by atomic mass is 35.5. The molecule has 2 heterocycles. The van der Waals surface area contributed by atoms with E-state index >= 15 is 0 Å². The molecule has 0 radical (unpaired) electrons. The molecule has 27 heavy (non-hydrogen) atoms. The number of pyridine rings is 1. The molecule has 0 aliphatic rings. The fourth-order valence-electron chi connectivity index (χ4n) is 3.39. The van der Waals surface area contributed by atoms with E-state index in [9.17, 15) is 19.5 Å². The fourth-order valence-corrected chi connectivity index (χ4v) is 3.63. The Morgan fingerprint density at radius 3 is 2.52 bits per heavy atom. The monoisotopic (exact) mass is 385 g/mol. The molecular formula is C19H16ClN3O4. The lowest BCUT2D eigenvalue weighted by molar-refractivity contribution is 0.376. The number of aromatic hydroxyl groups is 1. The molecule has 0 aliphatic carbocycles. The third kappa shape index (κ3) is 2.50. The zero-order valence-electron chi connectivity index (χ0n) is 14.7. The number of likely N-dealkylation sites (N-methyl/N-ethyl adjacent to an activating group) is 1. The van der Waals surface area contributed by atoms with E-state index in [-0.39, 0.29) is 39.0 Å². The maximum Gasteiger partial charge on any atom is 0.336 e. The number of aromatic nitrogens is 2. The average molecular weight is 386 g/mol. The number of phenols is 1. The Morgan fingerprint density at radius 1 is 1.07 bits per heavy atom. The zero-order valence-corrected chi connectivity index (χ0v) is 15.4. The molecule has 0 aliphatic heterocycles. The quantitative estimate of drug-likeness (QED) is 0.426. The van der Waals surface area contributed by atoms with Gasteiger partial charge in [0.05, 0.1) is 32.2 Å². The van der Waals surface area contributed by atoms with Crippen molar-refractivity contribution < 1.29 is 5.11 Å². The SMILES string of the molecule is CN(C)CCn1c(=O)c2ccc(Cl)c3c(=O)c4cc(O)ccc4n(c1=O)c23. The molecule has 4 aromatic rings. The Labute approximate surface area is 157 Å². The minimum Gasteiger partial charge on any atom is -0.508 e. The number of fused-ring (bicyclic) bond motifs is 2. The first-order valence-electron chi connectivity index (χ1n) is 8.32. The van der Waals surface area contributed by atoms with E-state index < -0.39 is 16.7 Å². The fraction of sp³-hybridized carbons (Fsp3) is 0.211. The minimum atomic E-state index is -0.544. The van der Waals surface area contributed by atoms with Gasteiger partial charge in [0.25, 0.3) is 5.56 Å². The lowest BCUT2D eigenvalue weighted by Crippen LogP contribution is -2.40. The molecule has 0 fully saturated rings. The Hall–Kier alpha value is -2.90. The van der Waals surface area contributed by atoms with Crippen molar-refractivity contribution in [2.75, 3.05) is 20.6 Å². The summed E-state index contributed by atoms with van der Waals surface area (Å²) in [5.41, 5.74) is -0.900. The summed E-state index contributed by atoms with van der Waals surface area (Å²) in [6.07, 6.45) is 0. The van der Waals surface area contributed by atoms with Gasteiger partial charge in [-0.05, 0) is 44.4 Å². The van der Waals surface area contributed by atoms with Gasteiger partial charge in [-0.1, -0.05) is 11.6 Å². The standard InChI is InChI=1S/C19H16ClN3O4/c1-21(2)7-8-22-18(26)11-4-5-13(20)15-16(11)23(19(22)27)14-6-3-10(24)9-12(14)17(15)25/h3-6,9,24H,7-8H2,1-2H3. The van der Waals surface area contributed by atoms with Gasteiger partial charge in [-0.25, -0.2) is 4.79 Å². The largest absolute Gasteiger partial charge is 0.508 e. The second kappa shape index (κ2) is 6.07. The Kier molecular flexibility index (Phi) is 3.94. The van der Waals surface area contributed by atoms with E-state index in [2.05, 4.69) is 0 Å². The molecule has 4 rings (SSSR count). The number of phenolic OH excluding ortho intramolecular Hbond substituents is 1. The topological polar surface area (TPSA) is 84.0 Å². The van der Waals surface area contributed by atoms with Gasteiger partial charge in [0.1, 0.15) is 5.75 Å². The van der Waals surface area contributed by atoms with Crippen LogP contribution < -0.4 is 16.7 Å². The van der Waals surface area contributed by atoms with E-state index in [1.807, 2.05) is 19.0 Å². The van der Waals surface area contributed by atoms with E-state index in [1.165, 1.54) is 34.7 Å². The summed E-state index contributed by atoms with van der Waals surface area (Å²) in [5, 5.41) is 10.5. The lowest BCUT2D eigenvalue weighted by Gasteiger charge is -2.16. The predicted molar refractivity (Wildman–Crippen MR) is 106 cm³/mol. The van der Waals surface area contributed by atoms with Crippen LogP contribution in [-0.4, -0.2) is 39.6 Å².